The van der Waals surface area contributed by atoms with Crippen molar-refractivity contribution >= 4 is 17.8 Å². The Balaban J connectivity index is 1.63. The van der Waals surface area contributed by atoms with Crippen LogP contribution in [0.1, 0.15) is 24.1 Å². The summed E-state index contributed by atoms with van der Waals surface area (Å²) in [5, 5.41) is 3.40. The molecule has 5 rings (SSSR count). The third-order valence-electron chi connectivity index (χ3n) is 7.68. The molecule has 2 heterocycles. The van der Waals surface area contributed by atoms with Gasteiger partial charge in [0.25, 0.3) is 0 Å². The van der Waals surface area contributed by atoms with E-state index in [9.17, 15) is 18.8 Å². The van der Waals surface area contributed by atoms with Gasteiger partial charge in [0.1, 0.15) is 17.1 Å². The number of halogens is 1. The van der Waals surface area contributed by atoms with Crippen molar-refractivity contribution in [3.63, 3.8) is 0 Å². The van der Waals surface area contributed by atoms with Gasteiger partial charge in [-0.3, -0.25) is 24.6 Å². The molecule has 2 fully saturated rings. The number of methoxy groups -OCH3 is 2. The molecular weight excluding hydrogens is 487 g/mol. The molecule has 0 bridgehead atoms. The Hall–Kier alpha value is -4.04. The number of esters is 1. The Morgan fingerprint density at radius 2 is 1.71 bits per heavy atom. The van der Waals surface area contributed by atoms with Crippen molar-refractivity contribution in [3.05, 3.63) is 89.7 Å². The van der Waals surface area contributed by atoms with Crippen LogP contribution in [0.25, 0.3) is 11.1 Å². The maximum absolute atomic E-state index is 13.6. The topological polar surface area (TPSA) is 84.9 Å². The quantitative estimate of drug-likeness (QED) is 0.379. The van der Waals surface area contributed by atoms with Crippen LogP contribution in [-0.4, -0.2) is 49.0 Å². The highest BCUT2D eigenvalue weighted by molar-refractivity contribution is 6.09. The fourth-order valence-corrected chi connectivity index (χ4v) is 5.95. The number of amides is 2. The van der Waals surface area contributed by atoms with E-state index in [-0.39, 0.29) is 30.6 Å². The Morgan fingerprint density at radius 1 is 1.00 bits per heavy atom. The van der Waals surface area contributed by atoms with E-state index in [0.717, 1.165) is 16.7 Å². The van der Waals surface area contributed by atoms with E-state index in [1.54, 1.807) is 25.1 Å². The van der Waals surface area contributed by atoms with E-state index in [4.69, 9.17) is 9.47 Å². The highest BCUT2D eigenvalue weighted by Crippen LogP contribution is 2.51. The molecule has 1 N–H and O–H groups in total. The van der Waals surface area contributed by atoms with Crippen LogP contribution < -0.4 is 10.1 Å². The molecule has 8 heteroatoms. The van der Waals surface area contributed by atoms with Crippen molar-refractivity contribution in [1.29, 1.82) is 0 Å². The van der Waals surface area contributed by atoms with Gasteiger partial charge in [-0.15, -0.1) is 0 Å². The highest BCUT2D eigenvalue weighted by atomic mass is 19.1. The third-order valence-corrected chi connectivity index (χ3v) is 7.68. The number of rotatable bonds is 7. The van der Waals surface area contributed by atoms with E-state index in [1.807, 2.05) is 42.5 Å². The van der Waals surface area contributed by atoms with E-state index in [0.29, 0.717) is 11.3 Å². The second-order valence-corrected chi connectivity index (χ2v) is 9.64. The van der Waals surface area contributed by atoms with E-state index in [2.05, 4.69) is 5.32 Å². The van der Waals surface area contributed by atoms with Gasteiger partial charge in [0.05, 0.1) is 26.1 Å². The number of hydrogen-bond donors (Lipinski definition) is 1. The van der Waals surface area contributed by atoms with Gasteiger partial charge in [-0.05, 0) is 41.8 Å². The van der Waals surface area contributed by atoms with Gasteiger partial charge >= 0.3 is 5.97 Å². The monoisotopic (exact) mass is 516 g/mol. The van der Waals surface area contributed by atoms with Gasteiger partial charge in [0.15, 0.2) is 0 Å². The zero-order chi connectivity index (χ0) is 27.0. The summed E-state index contributed by atoms with van der Waals surface area (Å²) in [6.07, 6.45) is 0.180. The Kier molecular flexibility index (Phi) is 6.75. The fourth-order valence-electron chi connectivity index (χ4n) is 5.95. The molecule has 196 valence electrons. The van der Waals surface area contributed by atoms with Crippen LogP contribution >= 0.6 is 0 Å². The minimum absolute atomic E-state index is 0.180. The molecule has 2 saturated heterocycles. The van der Waals surface area contributed by atoms with Gasteiger partial charge in [0, 0.05) is 24.6 Å². The molecule has 2 aliphatic heterocycles. The number of benzene rings is 3. The molecule has 0 spiro atoms. The lowest BCUT2D eigenvalue weighted by Crippen LogP contribution is -2.57. The molecule has 0 aliphatic carbocycles. The lowest BCUT2D eigenvalue weighted by molar-refractivity contribution is -0.154. The maximum atomic E-state index is 13.6. The number of ether oxygens (including phenoxy) is 2. The second-order valence-electron chi connectivity index (χ2n) is 9.64. The smallest absolute Gasteiger partial charge is 0.327 e. The molecule has 3 aromatic rings. The maximum Gasteiger partial charge on any atom is 0.327 e. The Morgan fingerprint density at radius 3 is 2.34 bits per heavy atom. The molecule has 0 saturated carbocycles. The predicted molar refractivity (Wildman–Crippen MR) is 139 cm³/mol. The predicted octanol–water partition coefficient (Wildman–Crippen LogP) is 3.92. The molecule has 7 nitrogen and oxygen atoms in total. The van der Waals surface area contributed by atoms with E-state index in [1.165, 1.54) is 31.3 Å². The van der Waals surface area contributed by atoms with Crippen molar-refractivity contribution in [1.82, 2.24) is 10.2 Å². The molecular formula is C30H29FN2O5. The number of carbonyl (C=O) groups excluding carboxylic acids is 3. The minimum atomic E-state index is -1.44. The van der Waals surface area contributed by atoms with Crippen LogP contribution in [0.15, 0.2) is 72.8 Å². The second kappa shape index (κ2) is 10.0. The van der Waals surface area contributed by atoms with Gasteiger partial charge in [-0.2, -0.15) is 0 Å². The van der Waals surface area contributed by atoms with Crippen molar-refractivity contribution in [2.45, 2.75) is 24.9 Å². The van der Waals surface area contributed by atoms with Gasteiger partial charge < -0.3 is 9.47 Å². The Bertz CT molecular complexity index is 1380. The van der Waals surface area contributed by atoms with Crippen LogP contribution in [0.5, 0.6) is 5.75 Å². The summed E-state index contributed by atoms with van der Waals surface area (Å²) >= 11 is 0. The summed E-state index contributed by atoms with van der Waals surface area (Å²) in [5.41, 5.74) is 1.61. The van der Waals surface area contributed by atoms with E-state index < -0.39 is 29.4 Å². The summed E-state index contributed by atoms with van der Waals surface area (Å²) in [6, 6.07) is 20.3. The molecule has 4 atom stereocenters. The summed E-state index contributed by atoms with van der Waals surface area (Å²) < 4.78 is 24.4. The Labute approximate surface area is 220 Å². The first kappa shape index (κ1) is 25.6. The lowest BCUT2D eigenvalue weighted by Gasteiger charge is -2.32. The zero-order valence-electron chi connectivity index (χ0n) is 21.4. The van der Waals surface area contributed by atoms with Gasteiger partial charge in [-0.25, -0.2) is 4.39 Å². The number of carbonyl (C=O) groups is 3. The molecule has 0 radical (unpaired) electrons. The molecule has 0 aromatic heterocycles. The van der Waals surface area contributed by atoms with Crippen molar-refractivity contribution < 1.29 is 28.2 Å². The van der Waals surface area contributed by atoms with Crippen LogP contribution in [0.3, 0.4) is 0 Å². The normalized spacial score (nSPS) is 24.4. The van der Waals surface area contributed by atoms with Crippen LogP contribution in [-0.2, 0) is 25.5 Å². The summed E-state index contributed by atoms with van der Waals surface area (Å²) in [5.74, 6) is -2.84. The minimum Gasteiger partial charge on any atom is -0.496 e. The molecule has 2 aliphatic rings. The molecule has 3 aromatic carbocycles. The first-order valence-electron chi connectivity index (χ1n) is 12.5. The molecule has 2 amide bonds. The lowest BCUT2D eigenvalue weighted by atomic mass is 9.76. The van der Waals surface area contributed by atoms with Gasteiger partial charge in [-0.1, -0.05) is 54.6 Å². The summed E-state index contributed by atoms with van der Waals surface area (Å²) in [6.45, 7) is 1.96. The zero-order valence-corrected chi connectivity index (χ0v) is 21.4. The molecule has 38 heavy (non-hydrogen) atoms. The average molecular weight is 517 g/mol. The summed E-state index contributed by atoms with van der Waals surface area (Å²) in [7, 11) is 2.83. The number of hydrogen-bond acceptors (Lipinski definition) is 6. The van der Waals surface area contributed by atoms with Crippen molar-refractivity contribution in [3.8, 4) is 16.9 Å². The number of fused-ring (bicyclic) bond motifs is 1. The number of likely N-dealkylation sites (tertiary alicyclic amines) is 1. The van der Waals surface area contributed by atoms with Crippen LogP contribution in [0, 0.1) is 17.7 Å². The first-order valence-corrected chi connectivity index (χ1v) is 12.5. The SMILES string of the molecule is CCN1C(=O)[C@H]2[C@@H](c3ccc(-c4ccc(F)cc4)c(OC)c3)N[C@@](Cc3ccccc3)(C(=O)OC)[C@H]2C1=O. The number of imide groups is 1. The van der Waals surface area contributed by atoms with Crippen molar-refractivity contribution in [2.75, 3.05) is 20.8 Å². The van der Waals surface area contributed by atoms with Crippen molar-refractivity contribution in [2.24, 2.45) is 11.8 Å². The fraction of sp³-hybridized carbons (Fsp3) is 0.300. The average Bonchev–Trinajstić information content (AvgIpc) is 3.42. The van der Waals surface area contributed by atoms with E-state index >= 15 is 0 Å². The van der Waals surface area contributed by atoms with Crippen LogP contribution in [0.4, 0.5) is 4.39 Å². The number of nitrogens with zero attached hydrogens (tertiary/aromatic N) is 1. The largest absolute Gasteiger partial charge is 0.496 e. The van der Waals surface area contributed by atoms with Gasteiger partial charge in [0.2, 0.25) is 11.8 Å². The van der Waals surface area contributed by atoms with Crippen LogP contribution in [0.2, 0.25) is 0 Å². The third kappa shape index (κ3) is 4.05. The standard InChI is InChI=1S/C30H29FN2O5/c1-4-33-27(34)24-25(28(33)35)30(29(36)38-3,17-18-8-6-5-7-9-18)32-26(24)20-12-15-22(23(16-20)37-2)19-10-13-21(31)14-11-19/h5-16,24-26,32H,4,17H2,1-3H3/t24-,25-,26-,30-/m1/s1. The number of nitrogens with one attached hydrogen (secondary N) is 1. The molecule has 0 unspecified atom stereocenters. The summed E-state index contributed by atoms with van der Waals surface area (Å²) in [4.78, 5) is 41.9. The highest BCUT2D eigenvalue weighted by Gasteiger charge is 2.68. The first-order chi connectivity index (χ1) is 18.3.